The summed E-state index contributed by atoms with van der Waals surface area (Å²) in [5, 5.41) is -3.72. The predicted octanol–water partition coefficient (Wildman–Crippen LogP) is 3.05. The van der Waals surface area contributed by atoms with E-state index >= 15 is 0 Å². The van der Waals surface area contributed by atoms with Crippen LogP contribution in [0.2, 0.25) is 0 Å². The molecule has 0 unspecified atom stereocenters. The number of alkyl halides is 3. The minimum absolute atomic E-state index is 0.0554. The van der Waals surface area contributed by atoms with Gasteiger partial charge in [-0.1, -0.05) is 0 Å². The lowest BCUT2D eigenvalue weighted by atomic mass is 10.7. The summed E-state index contributed by atoms with van der Waals surface area (Å²) in [6.45, 7) is 3.21. The maximum atomic E-state index is 12.1. The van der Waals surface area contributed by atoms with Crippen LogP contribution in [0, 0.1) is 11.6 Å². The Morgan fingerprint density at radius 1 is 1.36 bits per heavy atom. The van der Waals surface area contributed by atoms with Crippen molar-refractivity contribution in [1.29, 1.82) is 0 Å². The first-order valence-corrected chi connectivity index (χ1v) is 5.75. The number of hydrogen-bond acceptors (Lipinski definition) is 3. The van der Waals surface area contributed by atoms with Gasteiger partial charge in [0.25, 0.3) is 0 Å². The van der Waals surface area contributed by atoms with E-state index in [-0.39, 0.29) is 13.2 Å². The second-order valence-corrected chi connectivity index (χ2v) is 4.28. The van der Waals surface area contributed by atoms with Gasteiger partial charge in [0.15, 0.2) is 0 Å². The molecule has 0 rings (SSSR count). The van der Waals surface area contributed by atoms with Gasteiger partial charge in [-0.2, -0.15) is 8.78 Å². The molecule has 0 bridgehead atoms. The van der Waals surface area contributed by atoms with E-state index < -0.39 is 13.0 Å². The quantitative estimate of drug-likeness (QED) is 0.434. The highest BCUT2D eigenvalue weighted by Gasteiger charge is 2.25. The zero-order valence-electron chi connectivity index (χ0n) is 7.72. The predicted molar refractivity (Wildman–Crippen MR) is 49.4 cm³/mol. The molecule has 0 amide bonds. The van der Waals surface area contributed by atoms with Crippen LogP contribution in [-0.2, 0) is 13.6 Å². The van der Waals surface area contributed by atoms with Crippen LogP contribution in [-0.4, -0.2) is 18.6 Å². The topological polar surface area (TPSA) is 35.5 Å². The lowest BCUT2D eigenvalue weighted by Gasteiger charge is -2.09. The van der Waals surface area contributed by atoms with Gasteiger partial charge >= 0.3 is 13.0 Å². The van der Waals surface area contributed by atoms with Crippen molar-refractivity contribution in [2.24, 2.45) is 0 Å². The Kier molecular flexibility index (Phi) is 5.61. The third-order valence-corrected chi connectivity index (χ3v) is 2.61. The molecule has 3 nitrogen and oxygen atoms in total. The molecular weight excluding hydrogens is 236 g/mol. The van der Waals surface area contributed by atoms with Gasteiger partial charge in [0.1, 0.15) is 0 Å². The van der Waals surface area contributed by atoms with Crippen LogP contribution in [0.1, 0.15) is 13.8 Å². The monoisotopic (exact) mass is 246 g/mol. The third kappa shape index (κ3) is 6.33. The molecule has 0 aliphatic rings. The normalized spacial score (nSPS) is 12.1. The van der Waals surface area contributed by atoms with Gasteiger partial charge in [0, 0.05) is 11.6 Å². The molecule has 0 atom stereocenters. The third-order valence-electron chi connectivity index (χ3n) is 0.933. The molecule has 0 aliphatic heterocycles. The maximum absolute atomic E-state index is 12.1. The molecule has 0 radical (unpaired) electrons. The van der Waals surface area contributed by atoms with Gasteiger partial charge < -0.3 is 0 Å². The van der Waals surface area contributed by atoms with Gasteiger partial charge in [-0.15, -0.1) is 0 Å². The summed E-state index contributed by atoms with van der Waals surface area (Å²) in [6.07, 6.45) is 0. The second-order valence-electron chi connectivity index (χ2n) is 2.07. The Morgan fingerprint density at radius 2 is 1.79 bits per heavy atom. The molecule has 0 fully saturated rings. The molecule has 0 spiro atoms. The number of hydrogen-bond donors (Lipinski definition) is 0. The van der Waals surface area contributed by atoms with Crippen molar-refractivity contribution in [3.05, 3.63) is 0 Å². The van der Waals surface area contributed by atoms with Crippen LogP contribution >= 0.6 is 19.2 Å². The molecule has 0 saturated carbocycles. The summed E-state index contributed by atoms with van der Waals surface area (Å²) in [5.74, 6) is 1.30. The molecular formula is C7H10ClF2O3P. The van der Waals surface area contributed by atoms with Gasteiger partial charge in [0.2, 0.25) is 0 Å². The summed E-state index contributed by atoms with van der Waals surface area (Å²) >= 11 is 4.50. The van der Waals surface area contributed by atoms with E-state index in [9.17, 15) is 13.3 Å². The second kappa shape index (κ2) is 5.67. The fourth-order valence-electron chi connectivity index (χ4n) is 0.574. The van der Waals surface area contributed by atoms with Crippen LogP contribution in [0.15, 0.2) is 0 Å². The van der Waals surface area contributed by atoms with E-state index in [4.69, 9.17) is 0 Å². The standard InChI is InChI=1S/C7H10ClF2O3P/c1-3-12-14(11,13-4-2)6-5-7(8,9)10/h3-4H2,1-2H3. The molecule has 14 heavy (non-hydrogen) atoms. The molecule has 7 heteroatoms. The zero-order chi connectivity index (χ0) is 11.2. The fourth-order valence-corrected chi connectivity index (χ4v) is 1.85. The lowest BCUT2D eigenvalue weighted by molar-refractivity contribution is 0.164. The van der Waals surface area contributed by atoms with E-state index in [1.54, 1.807) is 19.5 Å². The molecule has 0 saturated heterocycles. The van der Waals surface area contributed by atoms with Crippen molar-refractivity contribution >= 4 is 19.2 Å². The van der Waals surface area contributed by atoms with Crippen molar-refractivity contribution in [2.75, 3.05) is 13.2 Å². The van der Waals surface area contributed by atoms with Crippen LogP contribution in [0.5, 0.6) is 0 Å². The lowest BCUT2D eigenvalue weighted by Crippen LogP contribution is -2.01. The molecule has 0 aromatic rings. The van der Waals surface area contributed by atoms with Crippen molar-refractivity contribution < 1.29 is 22.4 Å². The van der Waals surface area contributed by atoms with Gasteiger partial charge in [-0.25, -0.2) is 4.57 Å². The van der Waals surface area contributed by atoms with Gasteiger partial charge in [0.05, 0.1) is 13.2 Å². The highest BCUT2D eigenvalue weighted by molar-refractivity contribution is 7.59. The number of halogens is 3. The molecule has 0 N–H and O–H groups in total. The summed E-state index contributed by atoms with van der Waals surface area (Å²) in [7, 11) is -3.74. The maximum Gasteiger partial charge on any atom is 0.405 e. The van der Waals surface area contributed by atoms with Crippen molar-refractivity contribution in [2.45, 2.75) is 19.2 Å². The zero-order valence-corrected chi connectivity index (χ0v) is 9.37. The van der Waals surface area contributed by atoms with Crippen molar-refractivity contribution in [1.82, 2.24) is 0 Å². The molecule has 82 valence electrons. The van der Waals surface area contributed by atoms with Crippen LogP contribution in [0.3, 0.4) is 0 Å². The number of rotatable bonds is 4. The Morgan fingerprint density at radius 3 is 2.07 bits per heavy atom. The Balaban J connectivity index is 4.65. The van der Waals surface area contributed by atoms with Gasteiger partial charge in [-0.3, -0.25) is 9.05 Å². The van der Waals surface area contributed by atoms with Crippen LogP contribution in [0.4, 0.5) is 8.78 Å². The molecule has 0 aromatic heterocycles. The van der Waals surface area contributed by atoms with E-state index in [2.05, 4.69) is 20.6 Å². The molecule has 0 aliphatic carbocycles. The smallest absolute Gasteiger partial charge is 0.300 e. The first-order chi connectivity index (χ1) is 6.33. The molecule has 0 heterocycles. The van der Waals surface area contributed by atoms with E-state index in [0.717, 1.165) is 0 Å². The minimum Gasteiger partial charge on any atom is -0.300 e. The Hall–Kier alpha value is -0.140. The van der Waals surface area contributed by atoms with Gasteiger partial charge in [-0.05, 0) is 25.4 Å². The SMILES string of the molecule is CCOP(=O)(C#CC(F)(F)Cl)OCC. The summed E-state index contributed by atoms with van der Waals surface area (Å²) in [5.41, 5.74) is 1.72. The summed E-state index contributed by atoms with van der Waals surface area (Å²) in [4.78, 5) is 0. The first kappa shape index (κ1) is 13.9. The average molecular weight is 247 g/mol. The van der Waals surface area contributed by atoms with E-state index in [0.29, 0.717) is 0 Å². The first-order valence-electron chi connectivity index (χ1n) is 3.83. The molecule has 0 aromatic carbocycles. The fraction of sp³-hybridized carbons (Fsp3) is 0.714. The van der Waals surface area contributed by atoms with Crippen molar-refractivity contribution in [3.8, 4) is 11.6 Å². The van der Waals surface area contributed by atoms with Crippen LogP contribution < -0.4 is 0 Å². The highest BCUT2D eigenvalue weighted by Crippen LogP contribution is 2.47. The average Bonchev–Trinajstić information content (AvgIpc) is 2.01. The van der Waals surface area contributed by atoms with E-state index in [1.165, 1.54) is 5.92 Å². The van der Waals surface area contributed by atoms with Crippen molar-refractivity contribution in [3.63, 3.8) is 0 Å². The van der Waals surface area contributed by atoms with E-state index in [1.807, 2.05) is 0 Å². The summed E-state index contributed by atoms with van der Waals surface area (Å²) < 4.78 is 44.9. The minimum atomic E-state index is -3.74. The largest absolute Gasteiger partial charge is 0.405 e. The summed E-state index contributed by atoms with van der Waals surface area (Å²) in [6, 6.07) is 0. The Labute approximate surface area is 86.3 Å². The Bertz CT molecular complexity index is 269. The highest BCUT2D eigenvalue weighted by atomic mass is 35.5. The van der Waals surface area contributed by atoms with Crippen LogP contribution in [0.25, 0.3) is 0 Å².